The smallest absolute Gasteiger partial charge is 0.137 e. The summed E-state index contributed by atoms with van der Waals surface area (Å²) < 4.78 is 5.20. The molecular formula is C12H16ClNO. The van der Waals surface area contributed by atoms with E-state index >= 15 is 0 Å². The number of methoxy groups -OCH3 is 1. The number of anilines is 1. The van der Waals surface area contributed by atoms with Crippen molar-refractivity contribution in [2.45, 2.75) is 32.2 Å². The van der Waals surface area contributed by atoms with Crippen molar-refractivity contribution in [1.82, 2.24) is 0 Å². The number of rotatable bonds is 1. The highest BCUT2D eigenvalue weighted by molar-refractivity contribution is 6.32. The van der Waals surface area contributed by atoms with Crippen molar-refractivity contribution in [2.24, 2.45) is 0 Å². The van der Waals surface area contributed by atoms with Gasteiger partial charge in [-0.1, -0.05) is 11.6 Å². The third-order valence-electron chi connectivity index (χ3n) is 2.87. The first-order valence-electron chi connectivity index (χ1n) is 5.16. The quantitative estimate of drug-likeness (QED) is 0.790. The summed E-state index contributed by atoms with van der Waals surface area (Å²) in [6.45, 7) is 4.40. The molecule has 0 saturated carbocycles. The van der Waals surface area contributed by atoms with Gasteiger partial charge in [-0.3, -0.25) is 0 Å². The van der Waals surface area contributed by atoms with Crippen molar-refractivity contribution in [2.75, 3.05) is 12.4 Å². The van der Waals surface area contributed by atoms with Gasteiger partial charge in [0, 0.05) is 11.2 Å². The van der Waals surface area contributed by atoms with Crippen LogP contribution >= 0.6 is 11.6 Å². The van der Waals surface area contributed by atoms with Crippen LogP contribution in [0.15, 0.2) is 12.1 Å². The number of halogens is 1. The fraction of sp³-hybridized carbons (Fsp3) is 0.500. The van der Waals surface area contributed by atoms with E-state index in [-0.39, 0.29) is 5.54 Å². The topological polar surface area (TPSA) is 21.3 Å². The number of fused-ring (bicyclic) bond motifs is 1. The van der Waals surface area contributed by atoms with Gasteiger partial charge >= 0.3 is 0 Å². The molecule has 0 bridgehead atoms. The van der Waals surface area contributed by atoms with E-state index < -0.39 is 0 Å². The van der Waals surface area contributed by atoms with Crippen LogP contribution in [0, 0.1) is 0 Å². The van der Waals surface area contributed by atoms with Crippen molar-refractivity contribution < 1.29 is 4.74 Å². The van der Waals surface area contributed by atoms with E-state index in [1.54, 1.807) is 7.11 Å². The van der Waals surface area contributed by atoms with Gasteiger partial charge in [0.1, 0.15) is 5.75 Å². The zero-order chi connectivity index (χ0) is 11.1. The number of hydrogen-bond donors (Lipinski definition) is 1. The lowest BCUT2D eigenvalue weighted by atomic mass is 9.89. The van der Waals surface area contributed by atoms with Gasteiger partial charge in [-0.2, -0.15) is 0 Å². The zero-order valence-electron chi connectivity index (χ0n) is 9.36. The largest absolute Gasteiger partial charge is 0.495 e. The molecule has 15 heavy (non-hydrogen) atoms. The van der Waals surface area contributed by atoms with Gasteiger partial charge in [-0.15, -0.1) is 0 Å². The Morgan fingerprint density at radius 2 is 2.13 bits per heavy atom. The maximum absolute atomic E-state index is 6.09. The number of aryl methyl sites for hydroxylation is 1. The van der Waals surface area contributed by atoms with Crippen molar-refractivity contribution in [3.05, 3.63) is 22.7 Å². The molecular weight excluding hydrogens is 210 g/mol. The van der Waals surface area contributed by atoms with Crippen LogP contribution in [-0.4, -0.2) is 12.6 Å². The lowest BCUT2D eigenvalue weighted by molar-refractivity contribution is 0.413. The third kappa shape index (κ3) is 2.05. The van der Waals surface area contributed by atoms with Crippen LogP contribution in [0.4, 0.5) is 5.69 Å². The molecule has 0 saturated heterocycles. The summed E-state index contributed by atoms with van der Waals surface area (Å²) in [7, 11) is 1.65. The first kappa shape index (κ1) is 10.6. The van der Waals surface area contributed by atoms with Gasteiger partial charge in [-0.05, 0) is 44.4 Å². The Hall–Kier alpha value is -0.890. The SMILES string of the molecule is COc1cc2c(cc1Cl)NC(C)(C)CC2. The molecule has 1 aliphatic heterocycles. The highest BCUT2D eigenvalue weighted by Gasteiger charge is 2.24. The van der Waals surface area contributed by atoms with E-state index in [4.69, 9.17) is 16.3 Å². The van der Waals surface area contributed by atoms with Gasteiger partial charge in [0.05, 0.1) is 12.1 Å². The molecule has 0 atom stereocenters. The third-order valence-corrected chi connectivity index (χ3v) is 3.17. The predicted molar refractivity (Wildman–Crippen MR) is 64.0 cm³/mol. The van der Waals surface area contributed by atoms with Crippen LogP contribution in [0.2, 0.25) is 5.02 Å². The first-order valence-corrected chi connectivity index (χ1v) is 5.54. The number of ether oxygens (including phenoxy) is 1. The van der Waals surface area contributed by atoms with Crippen LogP contribution in [0.3, 0.4) is 0 Å². The average Bonchev–Trinajstić information content (AvgIpc) is 2.15. The molecule has 0 aromatic heterocycles. The Morgan fingerprint density at radius 1 is 1.40 bits per heavy atom. The van der Waals surface area contributed by atoms with Crippen LogP contribution < -0.4 is 10.1 Å². The maximum Gasteiger partial charge on any atom is 0.137 e. The number of benzene rings is 1. The van der Waals surface area contributed by atoms with E-state index in [2.05, 4.69) is 19.2 Å². The van der Waals surface area contributed by atoms with Crippen LogP contribution in [0.5, 0.6) is 5.75 Å². The minimum Gasteiger partial charge on any atom is -0.495 e. The van der Waals surface area contributed by atoms with E-state index in [0.29, 0.717) is 5.02 Å². The van der Waals surface area contributed by atoms with Gasteiger partial charge in [0.25, 0.3) is 0 Å². The minimum absolute atomic E-state index is 0.158. The highest BCUT2D eigenvalue weighted by atomic mass is 35.5. The van der Waals surface area contributed by atoms with Gasteiger partial charge in [-0.25, -0.2) is 0 Å². The Morgan fingerprint density at radius 3 is 2.80 bits per heavy atom. The molecule has 0 aliphatic carbocycles. The minimum atomic E-state index is 0.158. The van der Waals surface area contributed by atoms with Gasteiger partial charge < -0.3 is 10.1 Å². The van der Waals surface area contributed by atoms with E-state index in [0.717, 1.165) is 24.3 Å². The second-order valence-corrected chi connectivity index (χ2v) is 5.06. The van der Waals surface area contributed by atoms with Crippen molar-refractivity contribution in [1.29, 1.82) is 0 Å². The molecule has 0 fully saturated rings. The Balaban J connectivity index is 2.41. The van der Waals surface area contributed by atoms with Gasteiger partial charge in [0.15, 0.2) is 0 Å². The monoisotopic (exact) mass is 225 g/mol. The molecule has 82 valence electrons. The second-order valence-electron chi connectivity index (χ2n) is 4.65. The summed E-state index contributed by atoms with van der Waals surface area (Å²) in [5.74, 6) is 0.761. The number of hydrogen-bond acceptors (Lipinski definition) is 2. The second kappa shape index (κ2) is 3.60. The predicted octanol–water partition coefficient (Wildman–Crippen LogP) is 3.49. The van der Waals surface area contributed by atoms with Crippen molar-refractivity contribution in [3.8, 4) is 5.75 Å². The maximum atomic E-state index is 6.09. The lowest BCUT2D eigenvalue weighted by Crippen LogP contribution is -2.35. The fourth-order valence-corrected chi connectivity index (χ4v) is 2.19. The number of nitrogens with one attached hydrogen (secondary N) is 1. The first-order chi connectivity index (χ1) is 7.02. The Kier molecular flexibility index (Phi) is 2.55. The van der Waals surface area contributed by atoms with E-state index in [9.17, 15) is 0 Å². The molecule has 0 radical (unpaired) electrons. The van der Waals surface area contributed by atoms with Crippen LogP contribution in [0.1, 0.15) is 25.8 Å². The average molecular weight is 226 g/mol. The van der Waals surface area contributed by atoms with E-state index in [1.807, 2.05) is 12.1 Å². The van der Waals surface area contributed by atoms with Gasteiger partial charge in [0.2, 0.25) is 0 Å². The summed E-state index contributed by atoms with van der Waals surface area (Å²) in [5, 5.41) is 4.16. The lowest BCUT2D eigenvalue weighted by Gasteiger charge is -2.34. The molecule has 2 nitrogen and oxygen atoms in total. The molecule has 2 rings (SSSR count). The molecule has 1 aromatic carbocycles. The summed E-state index contributed by atoms with van der Waals surface area (Å²) >= 11 is 6.09. The molecule has 1 aromatic rings. The van der Waals surface area contributed by atoms with Crippen molar-refractivity contribution >= 4 is 17.3 Å². The Labute approximate surface area is 95.6 Å². The molecule has 1 heterocycles. The highest BCUT2D eigenvalue weighted by Crippen LogP contribution is 2.37. The zero-order valence-corrected chi connectivity index (χ0v) is 10.1. The van der Waals surface area contributed by atoms with Crippen molar-refractivity contribution in [3.63, 3.8) is 0 Å². The molecule has 0 amide bonds. The fourth-order valence-electron chi connectivity index (χ4n) is 1.95. The molecule has 1 N–H and O–H groups in total. The summed E-state index contributed by atoms with van der Waals surface area (Å²) in [6, 6.07) is 3.98. The molecule has 3 heteroatoms. The summed E-state index contributed by atoms with van der Waals surface area (Å²) in [6.07, 6.45) is 2.20. The standard InChI is InChI=1S/C12H16ClNO/c1-12(2)5-4-8-6-11(15-3)9(13)7-10(8)14-12/h6-7,14H,4-5H2,1-3H3. The van der Waals surface area contributed by atoms with Crippen LogP contribution in [0.25, 0.3) is 0 Å². The summed E-state index contributed by atoms with van der Waals surface area (Å²) in [5.41, 5.74) is 2.58. The summed E-state index contributed by atoms with van der Waals surface area (Å²) in [4.78, 5) is 0. The van der Waals surface area contributed by atoms with E-state index in [1.165, 1.54) is 5.56 Å². The normalized spacial score (nSPS) is 17.9. The Bertz CT molecular complexity index is 387. The molecule has 1 aliphatic rings. The van der Waals surface area contributed by atoms with Crippen LogP contribution in [-0.2, 0) is 6.42 Å². The molecule has 0 unspecified atom stereocenters. The molecule has 0 spiro atoms.